The van der Waals surface area contributed by atoms with Crippen LogP contribution in [0.15, 0.2) is 52.3 Å². The predicted molar refractivity (Wildman–Crippen MR) is 84.9 cm³/mol. The standard InChI is InChI=1S/C14H11F5N2O4S2/c15-12-6-5-11(7-13(12)16)27(24,25)21-9-1-3-10(4-2-9)26(22,23)20-8-14(17,18)19/h1-7,20-21H,8H2. The van der Waals surface area contributed by atoms with Crippen LogP contribution in [0, 0.1) is 11.6 Å². The molecule has 27 heavy (non-hydrogen) atoms. The Morgan fingerprint density at radius 2 is 1.33 bits per heavy atom. The molecule has 0 aliphatic rings. The zero-order valence-electron chi connectivity index (χ0n) is 13.1. The van der Waals surface area contributed by atoms with Gasteiger partial charge >= 0.3 is 6.18 Å². The lowest BCUT2D eigenvalue weighted by molar-refractivity contribution is -0.121. The van der Waals surface area contributed by atoms with E-state index in [4.69, 9.17) is 0 Å². The van der Waals surface area contributed by atoms with Crippen molar-refractivity contribution in [2.24, 2.45) is 0 Å². The maximum absolute atomic E-state index is 13.2. The summed E-state index contributed by atoms with van der Waals surface area (Å²) in [4.78, 5) is -1.10. The number of sulfonamides is 2. The molecule has 0 aliphatic carbocycles. The third kappa shape index (κ3) is 5.61. The van der Waals surface area contributed by atoms with Crippen molar-refractivity contribution in [3.05, 3.63) is 54.1 Å². The summed E-state index contributed by atoms with van der Waals surface area (Å²) in [5.74, 6) is -2.62. The van der Waals surface area contributed by atoms with E-state index in [1.165, 1.54) is 4.72 Å². The van der Waals surface area contributed by atoms with Gasteiger partial charge in [0.05, 0.1) is 9.79 Å². The summed E-state index contributed by atoms with van der Waals surface area (Å²) in [6, 6.07) is 5.62. The number of rotatable bonds is 6. The summed E-state index contributed by atoms with van der Waals surface area (Å²) in [5, 5.41) is 0. The summed E-state index contributed by atoms with van der Waals surface area (Å²) < 4.78 is 113. The number of benzene rings is 2. The van der Waals surface area contributed by atoms with Crippen molar-refractivity contribution in [3.63, 3.8) is 0 Å². The number of hydrogen-bond donors (Lipinski definition) is 2. The monoisotopic (exact) mass is 430 g/mol. The highest BCUT2D eigenvalue weighted by Crippen LogP contribution is 2.20. The lowest BCUT2D eigenvalue weighted by Crippen LogP contribution is -2.33. The van der Waals surface area contributed by atoms with Crippen LogP contribution < -0.4 is 9.44 Å². The Bertz CT molecular complexity index is 1040. The van der Waals surface area contributed by atoms with Gasteiger partial charge < -0.3 is 0 Å². The van der Waals surface area contributed by atoms with Crippen LogP contribution in [0.25, 0.3) is 0 Å². The molecule has 0 fully saturated rings. The van der Waals surface area contributed by atoms with Crippen LogP contribution in [0.2, 0.25) is 0 Å². The third-order valence-electron chi connectivity index (χ3n) is 3.08. The van der Waals surface area contributed by atoms with E-state index in [2.05, 4.69) is 0 Å². The normalized spacial score (nSPS) is 12.8. The molecule has 2 aromatic carbocycles. The van der Waals surface area contributed by atoms with Gasteiger partial charge in [0.1, 0.15) is 6.54 Å². The number of hydrogen-bond acceptors (Lipinski definition) is 4. The summed E-state index contributed by atoms with van der Waals surface area (Å²) in [7, 11) is -8.76. The highest BCUT2D eigenvalue weighted by Gasteiger charge is 2.30. The average molecular weight is 430 g/mol. The first-order valence-corrected chi connectivity index (χ1v) is 9.91. The lowest BCUT2D eigenvalue weighted by atomic mass is 10.3. The Labute approximate surface area is 151 Å². The second-order valence-corrected chi connectivity index (χ2v) is 8.59. The maximum Gasteiger partial charge on any atom is 0.402 e. The van der Waals surface area contributed by atoms with Gasteiger partial charge in [-0.3, -0.25) is 4.72 Å². The smallest absolute Gasteiger partial charge is 0.280 e. The van der Waals surface area contributed by atoms with Gasteiger partial charge in [-0.1, -0.05) is 0 Å². The molecule has 2 aromatic rings. The Balaban J connectivity index is 2.18. The molecular formula is C14H11F5N2O4S2. The molecule has 0 atom stereocenters. The van der Waals surface area contributed by atoms with Crippen LogP contribution in [-0.2, 0) is 20.0 Å². The SMILES string of the molecule is O=S(=O)(NCC(F)(F)F)c1ccc(NS(=O)(=O)c2ccc(F)c(F)c2)cc1. The summed E-state index contributed by atoms with van der Waals surface area (Å²) in [6.45, 7) is -1.76. The van der Waals surface area contributed by atoms with Gasteiger partial charge in [0, 0.05) is 5.69 Å². The lowest BCUT2D eigenvalue weighted by Gasteiger charge is -2.11. The Morgan fingerprint density at radius 1 is 0.778 bits per heavy atom. The molecule has 148 valence electrons. The summed E-state index contributed by atoms with van der Waals surface area (Å²) in [6.07, 6.45) is -4.74. The van der Waals surface area contributed by atoms with Crippen molar-refractivity contribution >= 4 is 25.7 Å². The molecule has 0 amide bonds. The fourth-order valence-corrected chi connectivity index (χ4v) is 3.91. The Kier molecular flexibility index (Phi) is 5.77. The van der Waals surface area contributed by atoms with Crippen LogP contribution >= 0.6 is 0 Å². The number of alkyl halides is 3. The van der Waals surface area contributed by atoms with Crippen LogP contribution in [-0.4, -0.2) is 29.6 Å². The first kappa shape index (κ1) is 21.1. The highest BCUT2D eigenvalue weighted by atomic mass is 32.2. The molecule has 0 saturated heterocycles. The van der Waals surface area contributed by atoms with E-state index in [1.54, 1.807) is 0 Å². The second kappa shape index (κ2) is 7.40. The quantitative estimate of drug-likeness (QED) is 0.690. The molecule has 2 N–H and O–H groups in total. The molecular weight excluding hydrogens is 419 g/mol. The topological polar surface area (TPSA) is 92.3 Å². The van der Waals surface area contributed by atoms with Crippen molar-refractivity contribution in [1.29, 1.82) is 0 Å². The first-order chi connectivity index (χ1) is 12.3. The fourth-order valence-electron chi connectivity index (χ4n) is 1.82. The molecule has 0 heterocycles. The zero-order valence-corrected chi connectivity index (χ0v) is 14.7. The van der Waals surface area contributed by atoms with E-state index in [-0.39, 0.29) is 5.69 Å². The van der Waals surface area contributed by atoms with Gasteiger partial charge in [-0.25, -0.2) is 30.3 Å². The van der Waals surface area contributed by atoms with Crippen molar-refractivity contribution < 1.29 is 38.8 Å². The van der Waals surface area contributed by atoms with Crippen LogP contribution in [0.3, 0.4) is 0 Å². The first-order valence-electron chi connectivity index (χ1n) is 6.94. The van der Waals surface area contributed by atoms with Gasteiger partial charge in [-0.05, 0) is 42.5 Å². The number of halogens is 5. The van der Waals surface area contributed by atoms with E-state index in [0.717, 1.165) is 30.3 Å². The van der Waals surface area contributed by atoms with Crippen LogP contribution in [0.4, 0.5) is 27.6 Å². The minimum atomic E-state index is -4.74. The largest absolute Gasteiger partial charge is 0.402 e. The average Bonchev–Trinajstić information content (AvgIpc) is 2.55. The minimum absolute atomic E-state index is 0.144. The Morgan fingerprint density at radius 3 is 1.85 bits per heavy atom. The van der Waals surface area contributed by atoms with E-state index in [9.17, 15) is 38.8 Å². The number of anilines is 1. The van der Waals surface area contributed by atoms with Crippen molar-refractivity contribution in [2.75, 3.05) is 11.3 Å². The molecule has 0 saturated carbocycles. The Hall–Kier alpha value is -2.25. The van der Waals surface area contributed by atoms with E-state index >= 15 is 0 Å². The van der Waals surface area contributed by atoms with E-state index in [1.807, 2.05) is 4.72 Å². The van der Waals surface area contributed by atoms with Gasteiger partial charge in [-0.2, -0.15) is 13.2 Å². The molecule has 0 spiro atoms. The van der Waals surface area contributed by atoms with Crippen molar-refractivity contribution in [2.45, 2.75) is 16.0 Å². The molecule has 6 nitrogen and oxygen atoms in total. The molecule has 2 rings (SSSR count). The third-order valence-corrected chi connectivity index (χ3v) is 5.88. The molecule has 0 aromatic heterocycles. The van der Waals surface area contributed by atoms with Crippen LogP contribution in [0.1, 0.15) is 0 Å². The van der Waals surface area contributed by atoms with E-state index in [0.29, 0.717) is 12.1 Å². The minimum Gasteiger partial charge on any atom is -0.280 e. The van der Waals surface area contributed by atoms with E-state index < -0.39 is 54.2 Å². The number of nitrogens with one attached hydrogen (secondary N) is 2. The summed E-state index contributed by atoms with van der Waals surface area (Å²) in [5.41, 5.74) is -0.144. The van der Waals surface area contributed by atoms with Crippen molar-refractivity contribution in [1.82, 2.24) is 4.72 Å². The molecule has 0 unspecified atom stereocenters. The summed E-state index contributed by atoms with van der Waals surface area (Å²) >= 11 is 0. The van der Waals surface area contributed by atoms with Crippen LogP contribution in [0.5, 0.6) is 0 Å². The van der Waals surface area contributed by atoms with Crippen molar-refractivity contribution in [3.8, 4) is 0 Å². The maximum atomic E-state index is 13.2. The zero-order chi connectivity index (χ0) is 20.5. The molecule has 13 heteroatoms. The second-order valence-electron chi connectivity index (χ2n) is 5.15. The molecule has 0 aliphatic heterocycles. The fraction of sp³-hybridized carbons (Fsp3) is 0.143. The molecule has 0 bridgehead atoms. The van der Waals surface area contributed by atoms with Gasteiger partial charge in [0.15, 0.2) is 11.6 Å². The van der Waals surface area contributed by atoms with Gasteiger partial charge in [0.2, 0.25) is 10.0 Å². The molecule has 0 radical (unpaired) electrons. The predicted octanol–water partition coefficient (Wildman–Crippen LogP) is 2.61. The van der Waals surface area contributed by atoms with Gasteiger partial charge in [-0.15, -0.1) is 0 Å². The van der Waals surface area contributed by atoms with Gasteiger partial charge in [0.25, 0.3) is 10.0 Å². The highest BCUT2D eigenvalue weighted by molar-refractivity contribution is 7.92.